The number of carbonyl (C=O) groups is 7. The molecule has 330 valence electrons. The number of carboxylic acid groups (broad SMARTS) is 1. The Labute approximate surface area is 345 Å². The number of aryl methyl sites for hydroxylation is 1. The summed E-state index contributed by atoms with van der Waals surface area (Å²) in [5, 5.41) is 41.0. The van der Waals surface area contributed by atoms with E-state index in [2.05, 4.69) is 26.0 Å². The van der Waals surface area contributed by atoms with Crippen LogP contribution in [0.2, 0.25) is 0 Å². The van der Waals surface area contributed by atoms with E-state index in [1.807, 2.05) is 0 Å². The molecule has 1 aromatic carbocycles. The Morgan fingerprint density at radius 1 is 1.05 bits per heavy atom. The Balaban J connectivity index is 1.70. The van der Waals surface area contributed by atoms with E-state index in [0.717, 1.165) is 23.3 Å². The Kier molecular flexibility index (Phi) is 18.0. The lowest BCUT2D eigenvalue weighted by Gasteiger charge is -2.35. The van der Waals surface area contributed by atoms with Gasteiger partial charge >= 0.3 is 11.9 Å². The molecule has 0 saturated carbocycles. The van der Waals surface area contributed by atoms with Gasteiger partial charge in [-0.05, 0) is 55.4 Å². The highest BCUT2D eigenvalue weighted by Gasteiger charge is 2.41. The van der Waals surface area contributed by atoms with Crippen molar-refractivity contribution >= 4 is 69.2 Å². The molecule has 23 heteroatoms. The Morgan fingerprint density at radius 3 is 2.30 bits per heavy atom. The summed E-state index contributed by atoms with van der Waals surface area (Å²) in [5.74, 6) is -1.35. The van der Waals surface area contributed by atoms with Gasteiger partial charge < -0.3 is 46.6 Å². The Hall–Kier alpha value is -5.62. The molecule has 0 unspecified atom stereocenters. The summed E-state index contributed by atoms with van der Waals surface area (Å²) in [6, 6.07) is 0.953. The smallest absolute Gasteiger partial charge is 0.335 e. The third-order valence-corrected chi connectivity index (χ3v) is 10.2. The number of ether oxygens (including phenoxy) is 2. The molecular weight excluding hydrogens is 815 g/mol. The average molecular weight is 866 g/mol. The molecule has 0 aromatic heterocycles. The number of esters is 1. The van der Waals surface area contributed by atoms with E-state index >= 15 is 0 Å². The molecule has 0 bridgehead atoms. The van der Waals surface area contributed by atoms with E-state index in [9.17, 15) is 57.3 Å². The van der Waals surface area contributed by atoms with E-state index < -0.39 is 112 Å². The van der Waals surface area contributed by atoms with Crippen LogP contribution in [0.25, 0.3) is 0 Å². The summed E-state index contributed by atoms with van der Waals surface area (Å²) in [5.41, 5.74) is 1.23. The van der Waals surface area contributed by atoms with E-state index in [0.29, 0.717) is 11.1 Å². The van der Waals surface area contributed by atoms with Crippen LogP contribution in [0.3, 0.4) is 0 Å². The zero-order valence-corrected chi connectivity index (χ0v) is 34.2. The molecule has 1 saturated heterocycles. The number of anilines is 1. The van der Waals surface area contributed by atoms with Crippen molar-refractivity contribution in [2.45, 2.75) is 109 Å². The minimum Gasteiger partial charge on any atom is -0.479 e. The second-order valence-corrected chi connectivity index (χ2v) is 16.0. The third-order valence-electron chi connectivity index (χ3n) is 9.39. The van der Waals surface area contributed by atoms with Crippen LogP contribution in [-0.2, 0) is 66.2 Å². The van der Waals surface area contributed by atoms with Crippen molar-refractivity contribution in [3.63, 3.8) is 0 Å². The van der Waals surface area contributed by atoms with Gasteiger partial charge in [0.15, 0.2) is 6.10 Å². The zero-order valence-electron chi connectivity index (χ0n) is 33.3. The lowest BCUT2D eigenvalue weighted by Crippen LogP contribution is -2.55. The van der Waals surface area contributed by atoms with E-state index in [4.69, 9.17) is 19.9 Å². The molecule has 0 aliphatic carbocycles. The van der Waals surface area contributed by atoms with Crippen molar-refractivity contribution in [3.8, 4) is 0 Å². The van der Waals surface area contributed by atoms with Gasteiger partial charge in [-0.3, -0.25) is 43.2 Å². The molecule has 2 aliphatic rings. The number of nitrogens with two attached hydrogens (primary N) is 1. The largest absolute Gasteiger partial charge is 0.479 e. The van der Waals surface area contributed by atoms with Crippen LogP contribution >= 0.6 is 0 Å². The number of nitrogens with one attached hydrogen (secondary N) is 3. The van der Waals surface area contributed by atoms with Crippen LogP contribution in [0.4, 0.5) is 5.69 Å². The van der Waals surface area contributed by atoms with Crippen LogP contribution in [0.1, 0.15) is 64.5 Å². The summed E-state index contributed by atoms with van der Waals surface area (Å²) < 4.78 is 41.6. The first-order chi connectivity index (χ1) is 28.1. The number of imide groups is 1. The number of aliphatic imine (C=N–C) groups is 1. The van der Waals surface area contributed by atoms with Crippen molar-refractivity contribution in [3.05, 3.63) is 41.5 Å². The summed E-state index contributed by atoms with van der Waals surface area (Å²) >= 11 is 0. The van der Waals surface area contributed by atoms with Crippen LogP contribution in [0.15, 0.2) is 40.4 Å². The van der Waals surface area contributed by atoms with Crippen molar-refractivity contribution in [2.24, 2.45) is 21.9 Å². The molecule has 22 nitrogen and oxygen atoms in total. The van der Waals surface area contributed by atoms with Gasteiger partial charge in [0.25, 0.3) is 21.9 Å². The number of hydrazone groups is 1. The lowest BCUT2D eigenvalue weighted by atomic mass is 9.93. The number of rotatable bonds is 21. The van der Waals surface area contributed by atoms with Crippen molar-refractivity contribution < 1.29 is 71.3 Å². The van der Waals surface area contributed by atoms with Crippen molar-refractivity contribution in [2.75, 3.05) is 17.6 Å². The zero-order chi connectivity index (χ0) is 44.9. The number of aliphatic hydroxyl groups is 2. The summed E-state index contributed by atoms with van der Waals surface area (Å²) in [7, 11) is -4.24. The average Bonchev–Trinajstić information content (AvgIpc) is 3.50. The van der Waals surface area contributed by atoms with Gasteiger partial charge in [0.1, 0.15) is 30.5 Å². The predicted molar refractivity (Wildman–Crippen MR) is 212 cm³/mol. The Bertz CT molecular complexity index is 1970. The number of aliphatic carboxylic acids is 1. The highest BCUT2D eigenvalue weighted by molar-refractivity contribution is 7.85. The minimum atomic E-state index is -4.24. The maximum absolute atomic E-state index is 13.5. The number of benzene rings is 1. The molecule has 9 N–H and O–H groups in total. The third kappa shape index (κ3) is 14.6. The number of aliphatic hydroxyl groups excluding tert-OH is 2. The van der Waals surface area contributed by atoms with Crippen LogP contribution in [0.5, 0.6) is 0 Å². The number of hydrogen-bond donors (Lipinski definition) is 8. The summed E-state index contributed by atoms with van der Waals surface area (Å²) in [6.07, 6.45) is -2.62. The van der Waals surface area contributed by atoms with Crippen molar-refractivity contribution in [1.29, 1.82) is 0 Å². The molecule has 2 heterocycles. The standard InChI is InChI=1S/C37H51N7O15S/c1-19(2)32(42-29(47)16-27(44-30(48)10-11-31(44)49)26(43-38)17-39-12-5-13-60(55,56)57)36(52)40-20(3)35(51)41-24-8-6-23(18-58-21(4)45)22(14-24)7-9-25-15-28(46)33(50)34(59-25)37(53)54/h6,8,10-11,14,17,19-20,25,27-28,32-34,46,50H,5,7,9,12-13,15-16,18,38H2,1-4H3,(H,40,52)(H,41,51)(H,42,47)(H,53,54)(H,55,56,57)/t20-,25-,27-,28+,32-,33-,34-/m0/s1. The van der Waals surface area contributed by atoms with Gasteiger partial charge in [0, 0.05) is 43.9 Å². The van der Waals surface area contributed by atoms with Crippen LogP contribution < -0.4 is 21.8 Å². The number of carboxylic acids is 1. The first-order valence-electron chi connectivity index (χ1n) is 18.8. The molecule has 0 radical (unpaired) electrons. The molecule has 3 rings (SSSR count). The van der Waals surface area contributed by atoms with Gasteiger partial charge in [0.05, 0.1) is 30.4 Å². The van der Waals surface area contributed by atoms with Crippen LogP contribution in [0, 0.1) is 5.92 Å². The van der Waals surface area contributed by atoms with E-state index in [1.165, 1.54) is 19.9 Å². The van der Waals surface area contributed by atoms with Crippen molar-refractivity contribution in [1.82, 2.24) is 15.5 Å². The minimum absolute atomic E-state index is 0.0343. The first-order valence-corrected chi connectivity index (χ1v) is 20.4. The number of hydrogen-bond acceptors (Lipinski definition) is 16. The fourth-order valence-corrected chi connectivity index (χ4v) is 6.72. The normalized spacial score (nSPS) is 21.1. The molecular formula is C37H51N7O15S. The lowest BCUT2D eigenvalue weighted by molar-refractivity contribution is -0.193. The Morgan fingerprint density at radius 2 is 1.72 bits per heavy atom. The fraction of sp³-hybridized carbons (Fsp3) is 0.541. The van der Waals surface area contributed by atoms with E-state index in [1.54, 1.807) is 26.0 Å². The summed E-state index contributed by atoms with van der Waals surface area (Å²) in [6.45, 7) is 5.64. The molecule has 0 spiro atoms. The second kappa shape index (κ2) is 22.1. The molecule has 2 aliphatic heterocycles. The van der Waals surface area contributed by atoms with Gasteiger partial charge in [-0.15, -0.1) is 0 Å². The monoisotopic (exact) mass is 865 g/mol. The number of carbonyl (C=O) groups excluding carboxylic acids is 6. The number of amides is 5. The quantitative estimate of drug-likeness (QED) is 0.0134. The predicted octanol–water partition coefficient (Wildman–Crippen LogP) is -1.42. The van der Waals surface area contributed by atoms with Crippen LogP contribution in [-0.4, -0.2) is 141 Å². The summed E-state index contributed by atoms with van der Waals surface area (Å²) in [4.78, 5) is 93.2. The van der Waals surface area contributed by atoms with Gasteiger partial charge in [-0.1, -0.05) is 19.9 Å². The maximum Gasteiger partial charge on any atom is 0.335 e. The highest BCUT2D eigenvalue weighted by Crippen LogP contribution is 2.26. The molecule has 1 fully saturated rings. The SMILES string of the molecule is CC(=O)OCc1ccc(NC(=O)[C@H](C)NC(=O)[C@@H](NC(=O)C[C@@H](C(C=NCCCS(=O)(=O)O)=NN)N2C(=O)C=CC2=O)C(C)C)cc1CC[C@H]1C[C@@H](O)[C@H](O)[C@@H](C(=O)O)O1. The molecule has 1 aromatic rings. The second-order valence-electron chi connectivity index (χ2n) is 14.5. The molecule has 5 amide bonds. The maximum atomic E-state index is 13.5. The topological polar surface area (TPSA) is 343 Å². The van der Waals surface area contributed by atoms with Gasteiger partial charge in [-0.25, -0.2) is 4.79 Å². The number of nitrogens with zero attached hydrogens (tertiary/aromatic N) is 3. The molecule has 7 atom stereocenters. The van der Waals surface area contributed by atoms with E-state index in [-0.39, 0.29) is 50.2 Å². The molecule has 60 heavy (non-hydrogen) atoms. The first kappa shape index (κ1) is 48.7. The highest BCUT2D eigenvalue weighted by atomic mass is 32.2. The van der Waals surface area contributed by atoms with Gasteiger partial charge in [0.2, 0.25) is 17.7 Å². The fourth-order valence-electron chi connectivity index (χ4n) is 6.23. The van der Waals surface area contributed by atoms with Gasteiger partial charge in [-0.2, -0.15) is 13.5 Å².